The van der Waals surface area contributed by atoms with Gasteiger partial charge in [-0.25, -0.2) is 4.39 Å². The summed E-state index contributed by atoms with van der Waals surface area (Å²) in [6, 6.07) is 12.3. The number of anilines is 1. The minimum absolute atomic E-state index is 0.0589. The molecule has 0 saturated carbocycles. The third-order valence-electron chi connectivity index (χ3n) is 4.02. The molecule has 2 aromatic rings. The van der Waals surface area contributed by atoms with Gasteiger partial charge in [0.1, 0.15) is 11.9 Å². The molecule has 0 unspecified atom stereocenters. The predicted octanol–water partition coefficient (Wildman–Crippen LogP) is 3.72. The quantitative estimate of drug-likeness (QED) is 0.920. The molecule has 124 valence electrons. The van der Waals surface area contributed by atoms with Gasteiger partial charge in [-0.05, 0) is 43.2 Å². The first-order valence-corrected chi connectivity index (χ1v) is 8.06. The summed E-state index contributed by atoms with van der Waals surface area (Å²) in [5.41, 5.74) is 0.965. The van der Waals surface area contributed by atoms with Crippen molar-refractivity contribution in [2.75, 3.05) is 11.9 Å². The molecule has 1 aliphatic rings. The molecule has 4 nitrogen and oxygen atoms in total. The summed E-state index contributed by atoms with van der Waals surface area (Å²) in [4.78, 5) is 26.7. The molecule has 6 heteroatoms. The molecule has 1 saturated heterocycles. The number of likely N-dealkylation sites (tertiary alicyclic amines) is 1. The van der Waals surface area contributed by atoms with Crippen molar-refractivity contribution in [3.05, 3.63) is 64.9 Å². The van der Waals surface area contributed by atoms with E-state index in [2.05, 4.69) is 5.32 Å². The Bertz CT molecular complexity index is 767. The van der Waals surface area contributed by atoms with E-state index in [9.17, 15) is 14.0 Å². The van der Waals surface area contributed by atoms with Crippen molar-refractivity contribution in [1.82, 2.24) is 4.90 Å². The second-order valence-corrected chi connectivity index (χ2v) is 6.05. The third-order valence-corrected chi connectivity index (χ3v) is 4.31. The van der Waals surface area contributed by atoms with Crippen molar-refractivity contribution >= 4 is 29.1 Å². The van der Waals surface area contributed by atoms with Crippen LogP contribution in [0.1, 0.15) is 23.2 Å². The molecule has 0 bridgehead atoms. The van der Waals surface area contributed by atoms with E-state index in [4.69, 9.17) is 11.6 Å². The number of amides is 2. The van der Waals surface area contributed by atoms with Crippen molar-refractivity contribution < 1.29 is 14.0 Å². The lowest BCUT2D eigenvalue weighted by Gasteiger charge is -2.24. The van der Waals surface area contributed by atoms with E-state index in [1.807, 2.05) is 6.07 Å². The van der Waals surface area contributed by atoms with E-state index in [1.165, 1.54) is 18.2 Å². The Kier molecular flexibility index (Phi) is 4.81. The lowest BCUT2D eigenvalue weighted by atomic mass is 10.1. The molecule has 0 aliphatic carbocycles. The Labute approximate surface area is 144 Å². The Morgan fingerprint density at radius 1 is 1.17 bits per heavy atom. The third kappa shape index (κ3) is 3.41. The number of rotatable bonds is 3. The van der Waals surface area contributed by atoms with Gasteiger partial charge < -0.3 is 10.2 Å². The molecule has 1 N–H and O–H groups in total. The summed E-state index contributed by atoms with van der Waals surface area (Å²) in [5.74, 6) is -0.999. The highest BCUT2D eigenvalue weighted by atomic mass is 35.5. The first kappa shape index (κ1) is 16.5. The van der Waals surface area contributed by atoms with Crippen molar-refractivity contribution in [2.24, 2.45) is 0 Å². The van der Waals surface area contributed by atoms with Gasteiger partial charge in [-0.2, -0.15) is 0 Å². The predicted molar refractivity (Wildman–Crippen MR) is 90.5 cm³/mol. The average molecular weight is 347 g/mol. The number of nitrogens with one attached hydrogen (secondary N) is 1. The van der Waals surface area contributed by atoms with Crippen LogP contribution in [0.25, 0.3) is 0 Å². The molecule has 2 aromatic carbocycles. The zero-order valence-corrected chi connectivity index (χ0v) is 13.6. The average Bonchev–Trinajstić information content (AvgIpc) is 3.08. The van der Waals surface area contributed by atoms with Gasteiger partial charge in [0.25, 0.3) is 5.91 Å². The lowest BCUT2D eigenvalue weighted by molar-refractivity contribution is -0.119. The summed E-state index contributed by atoms with van der Waals surface area (Å²) in [6.07, 6.45) is 1.36. The summed E-state index contributed by atoms with van der Waals surface area (Å²) in [5, 5.41) is 2.65. The van der Waals surface area contributed by atoms with E-state index in [-0.39, 0.29) is 16.8 Å². The maximum absolute atomic E-state index is 13.2. The SMILES string of the molecule is O=C(Nc1ccc(F)c(Cl)c1)[C@H]1CCCN1C(=O)c1ccccc1. The number of carbonyl (C=O) groups excluding carboxylic acids is 2. The van der Waals surface area contributed by atoms with Gasteiger partial charge in [-0.3, -0.25) is 9.59 Å². The van der Waals surface area contributed by atoms with Gasteiger partial charge in [-0.1, -0.05) is 29.8 Å². The van der Waals surface area contributed by atoms with Gasteiger partial charge in [0.2, 0.25) is 5.91 Å². The van der Waals surface area contributed by atoms with Gasteiger partial charge in [-0.15, -0.1) is 0 Å². The highest BCUT2D eigenvalue weighted by Gasteiger charge is 2.34. The number of hydrogen-bond donors (Lipinski definition) is 1. The molecule has 0 radical (unpaired) electrons. The molecule has 0 aromatic heterocycles. The van der Waals surface area contributed by atoms with Crippen LogP contribution < -0.4 is 5.32 Å². The molecular weight excluding hydrogens is 331 g/mol. The van der Waals surface area contributed by atoms with Gasteiger partial charge in [0, 0.05) is 17.8 Å². The number of halogens is 2. The molecule has 3 rings (SSSR count). The lowest BCUT2D eigenvalue weighted by Crippen LogP contribution is -2.43. The number of hydrogen-bond acceptors (Lipinski definition) is 2. The minimum Gasteiger partial charge on any atom is -0.327 e. The molecule has 2 amide bonds. The highest BCUT2D eigenvalue weighted by molar-refractivity contribution is 6.31. The Morgan fingerprint density at radius 2 is 1.92 bits per heavy atom. The molecule has 1 atom stereocenters. The summed E-state index contributed by atoms with van der Waals surface area (Å²) in [6.45, 7) is 0.538. The molecule has 0 spiro atoms. The summed E-state index contributed by atoms with van der Waals surface area (Å²) < 4.78 is 13.2. The Morgan fingerprint density at radius 3 is 2.62 bits per heavy atom. The first-order chi connectivity index (χ1) is 11.6. The maximum Gasteiger partial charge on any atom is 0.254 e. The molecule has 1 fully saturated rings. The molecule has 24 heavy (non-hydrogen) atoms. The van der Waals surface area contributed by atoms with Crippen molar-refractivity contribution in [2.45, 2.75) is 18.9 Å². The van der Waals surface area contributed by atoms with Crippen LogP contribution in [0.4, 0.5) is 10.1 Å². The topological polar surface area (TPSA) is 49.4 Å². The molecular formula is C18H16ClFN2O2. The van der Waals surface area contributed by atoms with Crippen LogP contribution in [-0.4, -0.2) is 29.3 Å². The minimum atomic E-state index is -0.545. The fraction of sp³-hybridized carbons (Fsp3) is 0.222. The number of nitrogens with zero attached hydrogens (tertiary/aromatic N) is 1. The van der Waals surface area contributed by atoms with E-state index >= 15 is 0 Å². The first-order valence-electron chi connectivity index (χ1n) is 7.68. The van der Waals surface area contributed by atoms with Gasteiger partial charge >= 0.3 is 0 Å². The fourth-order valence-corrected chi connectivity index (χ4v) is 3.01. The summed E-state index contributed by atoms with van der Waals surface area (Å²) in [7, 11) is 0. The standard InChI is InChI=1S/C18H16ClFN2O2/c19-14-11-13(8-9-15(14)20)21-17(23)16-7-4-10-22(16)18(24)12-5-2-1-3-6-12/h1-3,5-6,8-9,11,16H,4,7,10H2,(H,21,23)/t16-/m1/s1. The number of benzene rings is 2. The Hall–Kier alpha value is -2.40. The monoisotopic (exact) mass is 346 g/mol. The largest absolute Gasteiger partial charge is 0.327 e. The molecule has 1 heterocycles. The van der Waals surface area contributed by atoms with E-state index < -0.39 is 11.9 Å². The van der Waals surface area contributed by atoms with E-state index in [0.29, 0.717) is 24.2 Å². The zero-order valence-electron chi connectivity index (χ0n) is 12.8. The van der Waals surface area contributed by atoms with Crippen molar-refractivity contribution in [3.63, 3.8) is 0 Å². The van der Waals surface area contributed by atoms with E-state index in [1.54, 1.807) is 29.2 Å². The normalized spacial score (nSPS) is 16.9. The molecule has 1 aliphatic heterocycles. The summed E-state index contributed by atoms with van der Waals surface area (Å²) >= 11 is 5.73. The van der Waals surface area contributed by atoms with Crippen molar-refractivity contribution in [3.8, 4) is 0 Å². The van der Waals surface area contributed by atoms with Crippen LogP contribution in [0, 0.1) is 5.82 Å². The zero-order chi connectivity index (χ0) is 17.1. The highest BCUT2D eigenvalue weighted by Crippen LogP contribution is 2.23. The fourth-order valence-electron chi connectivity index (χ4n) is 2.83. The van der Waals surface area contributed by atoms with Crippen LogP contribution in [0.3, 0.4) is 0 Å². The maximum atomic E-state index is 13.2. The second kappa shape index (κ2) is 7.01. The van der Waals surface area contributed by atoms with Crippen molar-refractivity contribution in [1.29, 1.82) is 0 Å². The van der Waals surface area contributed by atoms with Crippen LogP contribution in [-0.2, 0) is 4.79 Å². The second-order valence-electron chi connectivity index (χ2n) is 5.64. The van der Waals surface area contributed by atoms with Crippen LogP contribution in [0.2, 0.25) is 5.02 Å². The van der Waals surface area contributed by atoms with E-state index in [0.717, 1.165) is 6.42 Å². The van der Waals surface area contributed by atoms with Gasteiger partial charge in [0.15, 0.2) is 0 Å². The smallest absolute Gasteiger partial charge is 0.254 e. The number of carbonyl (C=O) groups is 2. The Balaban J connectivity index is 1.74. The van der Waals surface area contributed by atoms with Crippen LogP contribution in [0.15, 0.2) is 48.5 Å². The van der Waals surface area contributed by atoms with Gasteiger partial charge in [0.05, 0.1) is 5.02 Å². The van der Waals surface area contributed by atoms with Crippen LogP contribution >= 0.6 is 11.6 Å². The van der Waals surface area contributed by atoms with Crippen LogP contribution in [0.5, 0.6) is 0 Å².